The molecule has 0 saturated heterocycles. The van der Waals surface area contributed by atoms with Crippen LogP contribution in [0, 0.1) is 0 Å². The van der Waals surface area contributed by atoms with Crippen molar-refractivity contribution in [2.75, 3.05) is 26.4 Å². The highest BCUT2D eigenvalue weighted by atomic mass is 31.2. The molecule has 0 bridgehead atoms. The molecule has 72 heavy (non-hydrogen) atoms. The van der Waals surface area contributed by atoms with Crippen LogP contribution in [-0.4, -0.2) is 66.5 Å². The fourth-order valence-corrected chi connectivity index (χ4v) is 7.31. The Bertz CT molecular complexity index is 1710. The molecule has 0 aromatic heterocycles. The first-order valence-electron chi connectivity index (χ1n) is 27.1. The fraction of sp³-hybridized carbons (Fsp3) is 0.583. The number of allylic oxidation sites excluding steroid dienone is 21. The van der Waals surface area contributed by atoms with E-state index < -0.39 is 64.4 Å². The molecule has 0 aliphatic rings. The van der Waals surface area contributed by atoms with Crippen LogP contribution < -0.4 is 0 Å². The molecular formula is C60H95O11P. The summed E-state index contributed by atoms with van der Waals surface area (Å²) < 4.78 is 39.2. The average Bonchev–Trinajstić information content (AvgIpc) is 3.37. The van der Waals surface area contributed by atoms with E-state index in [4.69, 9.17) is 23.3 Å². The third-order valence-corrected chi connectivity index (χ3v) is 11.5. The van der Waals surface area contributed by atoms with Gasteiger partial charge in [-0.2, -0.15) is 0 Å². The Kier molecular flexibility index (Phi) is 49.7. The van der Waals surface area contributed by atoms with Gasteiger partial charge in [0, 0.05) is 12.8 Å². The smallest absolute Gasteiger partial charge is 0.461 e. The van der Waals surface area contributed by atoms with Crippen LogP contribution in [0.5, 0.6) is 0 Å². The zero-order chi connectivity index (χ0) is 52.7. The van der Waals surface area contributed by atoms with Crippen molar-refractivity contribution in [2.45, 2.75) is 200 Å². The topological polar surface area (TPSA) is 155 Å². The van der Waals surface area contributed by atoms with E-state index in [2.05, 4.69) is 118 Å². The molecule has 3 atom stereocenters. The molecule has 0 aliphatic heterocycles. The molecule has 11 nitrogen and oxygen atoms in total. The Morgan fingerprint density at radius 2 is 0.792 bits per heavy atom. The average molecular weight is 1020 g/mol. The van der Waals surface area contributed by atoms with Crippen LogP contribution in [0.2, 0.25) is 0 Å². The molecule has 0 amide bonds. The third-order valence-electron chi connectivity index (χ3n) is 10.6. The molecule has 0 aliphatic carbocycles. The van der Waals surface area contributed by atoms with Gasteiger partial charge in [0.05, 0.1) is 26.2 Å². The lowest BCUT2D eigenvalue weighted by atomic mass is 10.1. The predicted molar refractivity (Wildman–Crippen MR) is 297 cm³/mol. The number of unbranched alkanes of at least 4 members (excludes halogenated alkanes) is 10. The first kappa shape index (κ1) is 67.6. The van der Waals surface area contributed by atoms with Crippen LogP contribution in [0.15, 0.2) is 134 Å². The van der Waals surface area contributed by atoms with Crippen LogP contribution in [-0.2, 0) is 42.2 Å². The highest BCUT2D eigenvalue weighted by molar-refractivity contribution is 7.47. The zero-order valence-electron chi connectivity index (χ0n) is 44.6. The second kappa shape index (κ2) is 52.9. The number of aliphatic hydroxyl groups is 1. The van der Waals surface area contributed by atoms with Gasteiger partial charge >= 0.3 is 25.7 Å². The van der Waals surface area contributed by atoms with Gasteiger partial charge in [0.2, 0.25) is 0 Å². The van der Waals surface area contributed by atoms with E-state index in [-0.39, 0.29) is 19.3 Å². The van der Waals surface area contributed by atoms with Crippen molar-refractivity contribution in [1.82, 2.24) is 0 Å². The summed E-state index contributed by atoms with van der Waals surface area (Å²) in [6, 6.07) is 0. The van der Waals surface area contributed by atoms with E-state index in [0.29, 0.717) is 19.3 Å². The summed E-state index contributed by atoms with van der Waals surface area (Å²) in [4.78, 5) is 48.3. The van der Waals surface area contributed by atoms with Crippen molar-refractivity contribution in [3.05, 3.63) is 134 Å². The molecular weight excluding hydrogens is 928 g/mol. The van der Waals surface area contributed by atoms with Gasteiger partial charge < -0.3 is 24.2 Å². The number of hydrogen-bond donors (Lipinski definition) is 2. The molecule has 0 rings (SSSR count). The maximum atomic E-state index is 12.9. The Labute approximate surface area is 436 Å². The Hall–Kier alpha value is -4.38. The molecule has 2 N–H and O–H groups in total. The maximum Gasteiger partial charge on any atom is 0.472 e. The minimum absolute atomic E-state index is 0.0189. The van der Waals surface area contributed by atoms with E-state index in [1.54, 1.807) is 6.08 Å². The van der Waals surface area contributed by atoms with Gasteiger partial charge in [0.25, 0.3) is 0 Å². The van der Waals surface area contributed by atoms with E-state index in [1.165, 1.54) is 25.7 Å². The molecule has 3 unspecified atom stereocenters. The molecule has 0 aromatic rings. The Morgan fingerprint density at radius 1 is 0.417 bits per heavy atom. The summed E-state index contributed by atoms with van der Waals surface area (Å²) in [5.74, 6) is -1.73. The first-order chi connectivity index (χ1) is 35.2. The molecule has 0 spiro atoms. The van der Waals surface area contributed by atoms with Crippen molar-refractivity contribution in [2.24, 2.45) is 0 Å². The van der Waals surface area contributed by atoms with Gasteiger partial charge in [-0.25, -0.2) is 4.57 Å². The number of hydrogen-bond acceptors (Lipinski definition) is 10. The van der Waals surface area contributed by atoms with Crippen LogP contribution in [0.3, 0.4) is 0 Å². The molecule has 0 aromatic carbocycles. The molecule has 0 heterocycles. The number of carbonyl (C=O) groups is 3. The fourth-order valence-electron chi connectivity index (χ4n) is 6.53. The largest absolute Gasteiger partial charge is 0.472 e. The van der Waals surface area contributed by atoms with Crippen LogP contribution in [0.25, 0.3) is 0 Å². The van der Waals surface area contributed by atoms with Gasteiger partial charge in [-0.05, 0) is 103 Å². The summed E-state index contributed by atoms with van der Waals surface area (Å²) in [7, 11) is -4.79. The predicted octanol–water partition coefficient (Wildman–Crippen LogP) is 15.8. The van der Waals surface area contributed by atoms with E-state index in [9.17, 15) is 28.9 Å². The number of phosphoric acid groups is 1. The lowest BCUT2D eigenvalue weighted by Gasteiger charge is -2.21. The summed E-state index contributed by atoms with van der Waals surface area (Å²) in [5.41, 5.74) is 0. The minimum Gasteiger partial charge on any atom is -0.461 e. The SMILES string of the molecule is CC/C=C\C/C=C\C/C=C\C/C=C\C/C=C\CC(=O)OCC(COP(=O)(O)OCC(CO)OC(=O)CC/C=C\C/C=C\C/C=C\C/C=C\CC)OC(=O)CCCCCCCCC/C=C\C/C=C\CCCCC. The van der Waals surface area contributed by atoms with Crippen molar-refractivity contribution in [3.8, 4) is 0 Å². The molecule has 0 radical (unpaired) electrons. The number of esters is 3. The van der Waals surface area contributed by atoms with Gasteiger partial charge in [-0.3, -0.25) is 23.4 Å². The van der Waals surface area contributed by atoms with Gasteiger partial charge in [0.15, 0.2) is 6.10 Å². The van der Waals surface area contributed by atoms with Gasteiger partial charge in [0.1, 0.15) is 12.7 Å². The number of phosphoric ester groups is 1. The molecule has 12 heteroatoms. The van der Waals surface area contributed by atoms with E-state index >= 15 is 0 Å². The van der Waals surface area contributed by atoms with Gasteiger partial charge in [-0.1, -0.05) is 199 Å². The third kappa shape index (κ3) is 50.6. The van der Waals surface area contributed by atoms with Gasteiger partial charge in [-0.15, -0.1) is 0 Å². The highest BCUT2D eigenvalue weighted by Crippen LogP contribution is 2.43. The van der Waals surface area contributed by atoms with E-state index in [1.807, 2.05) is 30.4 Å². The molecule has 0 saturated carbocycles. The van der Waals surface area contributed by atoms with E-state index in [0.717, 1.165) is 103 Å². The monoisotopic (exact) mass is 1020 g/mol. The molecule has 0 fully saturated rings. The standard InChI is InChI=1S/C60H95O11P/c1-4-7-10-13-16-19-22-25-27-28-30-33-36-39-42-45-48-51-60(64)71-57(53-67-58(62)49-46-43-40-37-34-32-29-26-23-20-17-14-11-8-5-2)55-69-72(65,66)68-54-56(52-61)70-59(63)50-47-44-41-38-35-31-24-21-18-15-12-9-6-3/h8-9,11-12,16-21,25-27,29,31,34-35,37,41,43-44,46,56-57,61H,4-7,10,13-15,22-24,28,30,32-33,36,38-40,42,45,47-55H2,1-3H3,(H,65,66)/b11-8-,12-9-,19-16-,20-17-,21-18-,27-25-,29-26-,35-31-,37-34-,44-41-,46-43-. The van der Waals surface area contributed by atoms with Crippen molar-refractivity contribution < 1.29 is 52.2 Å². The Morgan fingerprint density at radius 3 is 1.26 bits per heavy atom. The van der Waals surface area contributed by atoms with Crippen molar-refractivity contribution >= 4 is 25.7 Å². The normalized spacial score (nSPS) is 14.5. The first-order valence-corrected chi connectivity index (χ1v) is 28.6. The number of aliphatic hydroxyl groups excluding tert-OH is 1. The Balaban J connectivity index is 4.94. The van der Waals surface area contributed by atoms with Crippen LogP contribution in [0.4, 0.5) is 0 Å². The van der Waals surface area contributed by atoms with Crippen molar-refractivity contribution in [1.29, 1.82) is 0 Å². The minimum atomic E-state index is -4.79. The maximum absolute atomic E-state index is 12.9. The van der Waals surface area contributed by atoms with Crippen LogP contribution >= 0.6 is 7.82 Å². The summed E-state index contributed by atoms with van der Waals surface area (Å²) in [6.45, 7) is 4.15. The number of carbonyl (C=O) groups excluding carboxylic acids is 3. The zero-order valence-corrected chi connectivity index (χ0v) is 45.5. The number of rotatable bonds is 48. The second-order valence-electron chi connectivity index (χ2n) is 17.3. The van der Waals surface area contributed by atoms with Crippen molar-refractivity contribution in [3.63, 3.8) is 0 Å². The molecule has 406 valence electrons. The quantitative estimate of drug-likeness (QED) is 0.0197. The number of ether oxygens (including phenoxy) is 3. The summed E-state index contributed by atoms with van der Waals surface area (Å²) in [5, 5.41) is 9.77. The lowest BCUT2D eigenvalue weighted by molar-refractivity contribution is -0.161. The second-order valence-corrected chi connectivity index (χ2v) is 18.7. The lowest BCUT2D eigenvalue weighted by Crippen LogP contribution is -2.30. The highest BCUT2D eigenvalue weighted by Gasteiger charge is 2.28. The summed E-state index contributed by atoms with van der Waals surface area (Å²) >= 11 is 0. The summed E-state index contributed by atoms with van der Waals surface area (Å²) in [6.07, 6.45) is 66.0. The van der Waals surface area contributed by atoms with Crippen LogP contribution in [0.1, 0.15) is 188 Å².